The van der Waals surface area contributed by atoms with Gasteiger partial charge in [0.25, 0.3) is 0 Å². The fraction of sp³-hybridized carbons (Fsp3) is 0.526. The quantitative estimate of drug-likeness (QED) is 0.681. The van der Waals surface area contributed by atoms with E-state index < -0.39 is 36.2 Å². The maximum absolute atomic E-state index is 13.3. The number of aromatic nitrogens is 2. The fourth-order valence-corrected chi connectivity index (χ4v) is 3.94. The number of hydrogen-bond donors (Lipinski definition) is 2. The molecule has 3 heterocycles. The Labute approximate surface area is 182 Å². The van der Waals surface area contributed by atoms with E-state index in [0.717, 1.165) is 11.3 Å². The van der Waals surface area contributed by atoms with E-state index in [1.807, 2.05) is 27.7 Å². The lowest BCUT2D eigenvalue weighted by molar-refractivity contribution is -0.141. The average Bonchev–Trinajstić information content (AvgIpc) is 3.11. The molecule has 12 heteroatoms. The van der Waals surface area contributed by atoms with Gasteiger partial charge in [0.15, 0.2) is 5.69 Å². The van der Waals surface area contributed by atoms with Crippen LogP contribution in [0.2, 0.25) is 0 Å². The summed E-state index contributed by atoms with van der Waals surface area (Å²) in [6, 6.07) is 1.00. The highest BCUT2D eigenvalue weighted by Gasteiger charge is 2.52. The lowest BCUT2D eigenvalue weighted by atomic mass is 9.77. The number of alkyl halides is 3. The van der Waals surface area contributed by atoms with E-state index in [-0.39, 0.29) is 15.7 Å². The van der Waals surface area contributed by atoms with Crippen LogP contribution in [0.5, 0.6) is 0 Å². The molecule has 2 aromatic heterocycles. The number of thiazole rings is 1. The molecule has 168 valence electrons. The van der Waals surface area contributed by atoms with Crippen molar-refractivity contribution >= 4 is 35.8 Å². The summed E-state index contributed by atoms with van der Waals surface area (Å²) in [6.07, 6.45) is -3.14. The number of pyridine rings is 1. The Balaban J connectivity index is 2.09. The highest BCUT2D eigenvalue weighted by molar-refractivity contribution is 7.15. The van der Waals surface area contributed by atoms with Crippen LogP contribution in [0.1, 0.15) is 45.2 Å². The van der Waals surface area contributed by atoms with E-state index in [9.17, 15) is 18.0 Å². The van der Waals surface area contributed by atoms with Crippen LogP contribution in [-0.4, -0.2) is 40.9 Å². The first-order valence-corrected chi connectivity index (χ1v) is 10.5. The Kier molecular flexibility index (Phi) is 6.11. The van der Waals surface area contributed by atoms with E-state index in [4.69, 9.17) is 9.31 Å². The molecule has 2 N–H and O–H groups in total. The standard InChI is InChI=1S/C19H24BF3N4O3S/c1-7-24-16(28)26-13-8-11(15-27-14(10(2)31-15)19(21,22)23)12(9-25-13)20-29-17(3,4)18(5,6)30-20/h8-9H,7H2,1-6H3,(H2,24,25,26,28). The van der Waals surface area contributed by atoms with Gasteiger partial charge in [-0.15, -0.1) is 11.3 Å². The molecule has 31 heavy (non-hydrogen) atoms. The van der Waals surface area contributed by atoms with E-state index in [2.05, 4.69) is 20.6 Å². The lowest BCUT2D eigenvalue weighted by Gasteiger charge is -2.32. The van der Waals surface area contributed by atoms with Crippen LogP contribution in [0.3, 0.4) is 0 Å². The molecule has 7 nitrogen and oxygen atoms in total. The van der Waals surface area contributed by atoms with Gasteiger partial charge in [0.1, 0.15) is 10.8 Å². The molecule has 0 saturated carbocycles. The Morgan fingerprint density at radius 1 is 1.23 bits per heavy atom. The normalized spacial score (nSPS) is 17.6. The highest BCUT2D eigenvalue weighted by atomic mass is 32.1. The zero-order valence-electron chi connectivity index (χ0n) is 18.1. The number of hydrogen-bond acceptors (Lipinski definition) is 6. The number of anilines is 1. The molecule has 0 aliphatic carbocycles. The smallest absolute Gasteiger partial charge is 0.399 e. The maximum atomic E-state index is 13.3. The Bertz CT molecular complexity index is 978. The largest absolute Gasteiger partial charge is 0.497 e. The summed E-state index contributed by atoms with van der Waals surface area (Å²) in [5.41, 5.74) is -1.46. The molecule has 0 unspecified atom stereocenters. The lowest BCUT2D eigenvalue weighted by Crippen LogP contribution is -2.41. The van der Waals surface area contributed by atoms with Crippen molar-refractivity contribution in [2.45, 2.75) is 58.9 Å². The average molecular weight is 456 g/mol. The number of carbonyl (C=O) groups is 1. The van der Waals surface area contributed by atoms with Crippen LogP contribution < -0.4 is 16.1 Å². The van der Waals surface area contributed by atoms with Gasteiger partial charge >= 0.3 is 19.3 Å². The number of urea groups is 1. The number of amides is 2. The summed E-state index contributed by atoms with van der Waals surface area (Å²) >= 11 is 0.907. The van der Waals surface area contributed by atoms with Crippen LogP contribution in [0.15, 0.2) is 12.3 Å². The monoisotopic (exact) mass is 456 g/mol. The minimum atomic E-state index is -4.57. The van der Waals surface area contributed by atoms with Gasteiger partial charge in [-0.3, -0.25) is 5.32 Å². The Hall–Kier alpha value is -2.18. The molecule has 0 spiro atoms. The number of carbonyl (C=O) groups excluding carboxylic acids is 1. The Morgan fingerprint density at radius 2 is 1.84 bits per heavy atom. The summed E-state index contributed by atoms with van der Waals surface area (Å²) in [4.78, 5) is 20.0. The minimum absolute atomic E-state index is 0.0393. The molecule has 1 aliphatic rings. The highest BCUT2D eigenvalue weighted by Crippen LogP contribution is 2.40. The van der Waals surface area contributed by atoms with Crippen LogP contribution in [0.4, 0.5) is 23.8 Å². The fourth-order valence-electron chi connectivity index (χ4n) is 2.97. The molecule has 0 bridgehead atoms. The van der Waals surface area contributed by atoms with Gasteiger partial charge in [-0.25, -0.2) is 14.8 Å². The second-order valence-corrected chi connectivity index (χ2v) is 9.35. The number of nitrogens with zero attached hydrogens (tertiary/aromatic N) is 2. The van der Waals surface area contributed by atoms with Gasteiger partial charge in [-0.2, -0.15) is 13.2 Å². The van der Waals surface area contributed by atoms with Crippen molar-refractivity contribution in [1.82, 2.24) is 15.3 Å². The number of aryl methyl sites for hydroxylation is 1. The third kappa shape index (κ3) is 4.70. The topological polar surface area (TPSA) is 85.4 Å². The number of rotatable bonds is 4. The molecule has 1 saturated heterocycles. The summed E-state index contributed by atoms with van der Waals surface area (Å²) in [5.74, 6) is 0.169. The predicted octanol–water partition coefficient (Wildman–Crippen LogP) is 3.97. The second kappa shape index (κ2) is 8.07. The van der Waals surface area contributed by atoms with Crippen LogP contribution in [0.25, 0.3) is 10.6 Å². The predicted molar refractivity (Wildman–Crippen MR) is 113 cm³/mol. The Morgan fingerprint density at radius 3 is 2.35 bits per heavy atom. The molecule has 0 radical (unpaired) electrons. The van der Waals surface area contributed by atoms with Crippen molar-refractivity contribution in [2.24, 2.45) is 0 Å². The molecule has 2 amide bonds. The van der Waals surface area contributed by atoms with Gasteiger partial charge in [0, 0.05) is 28.6 Å². The van der Waals surface area contributed by atoms with Crippen molar-refractivity contribution in [3.8, 4) is 10.6 Å². The SMILES string of the molecule is CCNC(=O)Nc1cc(-c2nc(C(F)(F)F)c(C)s2)c(B2OC(C)(C)C(C)(C)O2)cn1. The van der Waals surface area contributed by atoms with Crippen LogP contribution in [0, 0.1) is 6.92 Å². The van der Waals surface area contributed by atoms with Crippen molar-refractivity contribution in [3.05, 3.63) is 22.8 Å². The maximum Gasteiger partial charge on any atom is 0.497 e. The van der Waals surface area contributed by atoms with Gasteiger partial charge in [-0.05, 0) is 47.6 Å². The minimum Gasteiger partial charge on any atom is -0.399 e. The first kappa shape index (κ1) is 23.5. The van der Waals surface area contributed by atoms with E-state index in [0.29, 0.717) is 17.6 Å². The van der Waals surface area contributed by atoms with Crippen molar-refractivity contribution in [2.75, 3.05) is 11.9 Å². The van der Waals surface area contributed by atoms with Gasteiger partial charge < -0.3 is 14.6 Å². The first-order valence-electron chi connectivity index (χ1n) is 9.70. The zero-order chi connectivity index (χ0) is 23.2. The van der Waals surface area contributed by atoms with Gasteiger partial charge in [0.2, 0.25) is 0 Å². The van der Waals surface area contributed by atoms with Crippen molar-refractivity contribution in [1.29, 1.82) is 0 Å². The molecular weight excluding hydrogens is 432 g/mol. The molecule has 1 aliphatic heterocycles. The summed E-state index contributed by atoms with van der Waals surface area (Å²) < 4.78 is 52.1. The summed E-state index contributed by atoms with van der Waals surface area (Å²) in [5, 5.41) is 5.28. The molecule has 1 fully saturated rings. The van der Waals surface area contributed by atoms with Gasteiger partial charge in [-0.1, -0.05) is 0 Å². The van der Waals surface area contributed by atoms with Crippen LogP contribution >= 0.6 is 11.3 Å². The van der Waals surface area contributed by atoms with Crippen molar-refractivity contribution in [3.63, 3.8) is 0 Å². The number of nitrogens with one attached hydrogen (secondary N) is 2. The molecule has 3 rings (SSSR count). The van der Waals surface area contributed by atoms with E-state index in [1.165, 1.54) is 19.2 Å². The summed E-state index contributed by atoms with van der Waals surface area (Å²) in [7, 11) is -0.857. The third-order valence-corrected chi connectivity index (χ3v) is 6.32. The molecular formula is C19H24BF3N4O3S. The van der Waals surface area contributed by atoms with Gasteiger partial charge in [0.05, 0.1) is 11.2 Å². The molecule has 2 aromatic rings. The first-order chi connectivity index (χ1) is 14.2. The molecule has 0 aromatic carbocycles. The molecule has 0 atom stereocenters. The zero-order valence-corrected chi connectivity index (χ0v) is 18.9. The number of halogens is 3. The third-order valence-electron chi connectivity index (χ3n) is 5.32. The summed E-state index contributed by atoms with van der Waals surface area (Å²) in [6.45, 7) is 11.0. The van der Waals surface area contributed by atoms with E-state index in [1.54, 1.807) is 6.92 Å². The van der Waals surface area contributed by atoms with Crippen molar-refractivity contribution < 1.29 is 27.3 Å². The van der Waals surface area contributed by atoms with Crippen LogP contribution in [-0.2, 0) is 15.5 Å². The second-order valence-electron chi connectivity index (χ2n) is 8.15. The van der Waals surface area contributed by atoms with E-state index >= 15 is 0 Å².